The van der Waals surface area contributed by atoms with Gasteiger partial charge in [0.2, 0.25) is 5.69 Å². The van der Waals surface area contributed by atoms with Crippen molar-refractivity contribution in [1.82, 2.24) is 0 Å². The van der Waals surface area contributed by atoms with E-state index < -0.39 is 10.1 Å². The SMILES string of the molecule is CCCCCCCCCCCCCCCCCCN1\C(=C/C=C/C=C/C=C/C2=[N+](CCCCCCCCCCCCCCCCCC)c3ccccc3C2(C)C)C(C)(C)c2ccccc21.O=S(=O)([O-])c1ccc(Cl)cc1. The van der Waals surface area contributed by atoms with Gasteiger partial charge in [0.15, 0.2) is 5.71 Å². The molecular weight excluding hydrogens is 972 g/mol. The fraction of sp³-hybridized carbons (Fsp3) is 0.609. The van der Waals surface area contributed by atoms with Crippen molar-refractivity contribution < 1.29 is 17.5 Å². The number of hydrogen-bond donors (Lipinski definition) is 0. The normalized spacial score (nSPS) is 15.4. The maximum atomic E-state index is 10.3. The van der Waals surface area contributed by atoms with Crippen molar-refractivity contribution in [3.63, 3.8) is 0 Å². The minimum Gasteiger partial charge on any atom is -0.744 e. The fourth-order valence-corrected chi connectivity index (χ4v) is 12.1. The van der Waals surface area contributed by atoms with Gasteiger partial charge in [-0.05, 0) is 68.7 Å². The second-order valence-corrected chi connectivity index (χ2v) is 25.0. The van der Waals surface area contributed by atoms with E-state index in [9.17, 15) is 13.0 Å². The second-order valence-electron chi connectivity index (χ2n) is 23.2. The molecule has 0 amide bonds. The summed E-state index contributed by atoms with van der Waals surface area (Å²) in [5.74, 6) is 0. The Labute approximate surface area is 471 Å². The number of anilines is 1. The van der Waals surface area contributed by atoms with Gasteiger partial charge < -0.3 is 9.45 Å². The highest BCUT2D eigenvalue weighted by Crippen LogP contribution is 2.48. The highest BCUT2D eigenvalue weighted by Gasteiger charge is 2.44. The van der Waals surface area contributed by atoms with Crippen LogP contribution in [0.1, 0.15) is 258 Å². The second kappa shape index (κ2) is 37.2. The number of hydrogen-bond acceptors (Lipinski definition) is 4. The summed E-state index contributed by atoms with van der Waals surface area (Å²) in [6.45, 7) is 16.4. The standard InChI is InChI=1S/C63H101N2.C6H5ClO3S/c1-7-9-11-13-15-17-19-21-23-25-27-29-31-33-38-46-54-64-58-50-44-42-48-56(58)62(3,4)60(64)52-40-36-35-37-41-53-61-63(5,6)57-49-43-45-51-59(57)65(61)55-47-39-34-32-30-28-26-24-22-20-18-16-14-12-10-8-2;7-5-1-3-6(4-2-5)11(8,9)10/h35-37,40-45,48-53H,7-34,38-39,46-47,54-55H2,1-6H3;1-4H,(H,8,9,10)/q+1;/p-1. The molecular formula is C69H105ClN2O3S. The molecule has 0 atom stereocenters. The van der Waals surface area contributed by atoms with E-state index in [4.69, 9.17) is 11.6 Å². The molecule has 0 aliphatic carbocycles. The van der Waals surface area contributed by atoms with Gasteiger partial charge in [0.25, 0.3) is 0 Å². The van der Waals surface area contributed by atoms with E-state index in [1.165, 1.54) is 264 Å². The zero-order valence-corrected chi connectivity index (χ0v) is 50.5. The van der Waals surface area contributed by atoms with Crippen molar-refractivity contribution in [1.29, 1.82) is 0 Å². The van der Waals surface area contributed by atoms with Gasteiger partial charge >= 0.3 is 0 Å². The number of benzene rings is 3. The van der Waals surface area contributed by atoms with Crippen molar-refractivity contribution in [2.24, 2.45) is 0 Å². The van der Waals surface area contributed by atoms with Crippen LogP contribution in [0.15, 0.2) is 126 Å². The van der Waals surface area contributed by atoms with Crippen LogP contribution in [0.3, 0.4) is 0 Å². The van der Waals surface area contributed by atoms with Crippen LogP contribution in [-0.4, -0.2) is 36.3 Å². The quantitative estimate of drug-likeness (QED) is 0.0247. The summed E-state index contributed by atoms with van der Waals surface area (Å²) < 4.78 is 33.7. The number of allylic oxidation sites excluding steroid dienone is 8. The van der Waals surface area contributed by atoms with Gasteiger partial charge in [0.05, 0.1) is 10.3 Å². The molecule has 2 aliphatic heterocycles. The summed E-state index contributed by atoms with van der Waals surface area (Å²) in [6.07, 6.45) is 61.1. The van der Waals surface area contributed by atoms with Crippen LogP contribution in [-0.2, 0) is 20.9 Å². The molecule has 0 spiro atoms. The molecule has 0 aromatic heterocycles. The number of unbranched alkanes of at least 4 members (excludes halogenated alkanes) is 30. The molecule has 0 unspecified atom stereocenters. The molecule has 76 heavy (non-hydrogen) atoms. The first-order chi connectivity index (χ1) is 36.8. The van der Waals surface area contributed by atoms with Gasteiger partial charge in [-0.2, -0.15) is 4.58 Å². The van der Waals surface area contributed by atoms with Gasteiger partial charge in [-0.1, -0.05) is 292 Å². The smallest absolute Gasteiger partial charge is 0.209 e. The minimum atomic E-state index is -4.33. The first kappa shape index (κ1) is 64.8. The Balaban J connectivity index is 0.00000100. The number of halogens is 1. The maximum Gasteiger partial charge on any atom is 0.209 e. The Hall–Kier alpha value is -3.71. The molecule has 0 saturated heterocycles. The summed E-state index contributed by atoms with van der Waals surface area (Å²) in [5, 5.41) is 0.400. The highest BCUT2D eigenvalue weighted by molar-refractivity contribution is 7.85. The van der Waals surface area contributed by atoms with Crippen molar-refractivity contribution in [3.8, 4) is 0 Å². The van der Waals surface area contributed by atoms with Gasteiger partial charge in [-0.15, -0.1) is 0 Å². The van der Waals surface area contributed by atoms with Crippen molar-refractivity contribution in [2.75, 3.05) is 18.0 Å². The van der Waals surface area contributed by atoms with Crippen LogP contribution in [0.5, 0.6) is 0 Å². The Kier molecular flexibility index (Phi) is 31.7. The van der Waals surface area contributed by atoms with Crippen LogP contribution >= 0.6 is 11.6 Å². The van der Waals surface area contributed by atoms with Gasteiger partial charge in [0.1, 0.15) is 16.7 Å². The molecule has 0 N–H and O–H groups in total. The van der Waals surface area contributed by atoms with E-state index in [1.54, 1.807) is 0 Å². The predicted molar refractivity (Wildman–Crippen MR) is 330 cm³/mol. The predicted octanol–water partition coefficient (Wildman–Crippen LogP) is 21.2. The molecule has 7 heteroatoms. The van der Waals surface area contributed by atoms with E-state index in [2.05, 4.69) is 142 Å². The average molecular weight is 1080 g/mol. The Morgan fingerprint density at radius 3 is 1.38 bits per heavy atom. The molecule has 0 fully saturated rings. The third-order valence-electron chi connectivity index (χ3n) is 16.1. The molecule has 3 aromatic carbocycles. The van der Waals surface area contributed by atoms with Crippen LogP contribution in [0.2, 0.25) is 5.02 Å². The van der Waals surface area contributed by atoms with Crippen molar-refractivity contribution in [2.45, 2.75) is 263 Å². The highest BCUT2D eigenvalue weighted by atomic mass is 35.5. The van der Waals surface area contributed by atoms with E-state index in [-0.39, 0.29) is 15.7 Å². The Bertz CT molecular complexity index is 2320. The fourth-order valence-electron chi connectivity index (χ4n) is 11.5. The van der Waals surface area contributed by atoms with Gasteiger partial charge in [-0.25, -0.2) is 8.42 Å². The number of para-hydroxylation sites is 2. The van der Waals surface area contributed by atoms with E-state index in [1.807, 2.05) is 0 Å². The lowest BCUT2D eigenvalue weighted by molar-refractivity contribution is -0.438. The van der Waals surface area contributed by atoms with E-state index in [0.717, 1.165) is 13.1 Å². The van der Waals surface area contributed by atoms with E-state index in [0.29, 0.717) is 5.02 Å². The van der Waals surface area contributed by atoms with Crippen molar-refractivity contribution in [3.05, 3.63) is 137 Å². The summed E-state index contributed by atoms with van der Waals surface area (Å²) in [4.78, 5) is 2.36. The number of rotatable bonds is 39. The lowest BCUT2D eigenvalue weighted by atomic mass is 9.81. The maximum absolute atomic E-state index is 10.3. The average Bonchev–Trinajstić information content (AvgIpc) is 3.76. The summed E-state index contributed by atoms with van der Waals surface area (Å²) in [5.41, 5.74) is 8.55. The molecule has 2 heterocycles. The first-order valence-electron chi connectivity index (χ1n) is 30.9. The van der Waals surface area contributed by atoms with Crippen LogP contribution in [0.4, 0.5) is 11.4 Å². The third-order valence-corrected chi connectivity index (χ3v) is 17.2. The summed E-state index contributed by atoms with van der Waals surface area (Å²) in [6, 6.07) is 23.3. The number of fused-ring (bicyclic) bond motifs is 2. The van der Waals surface area contributed by atoms with Gasteiger partial charge in [0, 0.05) is 52.5 Å². The molecule has 0 bridgehead atoms. The Morgan fingerprint density at radius 1 is 0.487 bits per heavy atom. The summed E-state index contributed by atoms with van der Waals surface area (Å²) >= 11 is 5.46. The molecule has 5 rings (SSSR count). The van der Waals surface area contributed by atoms with Crippen LogP contribution < -0.4 is 4.90 Å². The molecule has 422 valence electrons. The lowest BCUT2D eigenvalue weighted by Gasteiger charge is -2.27. The zero-order chi connectivity index (χ0) is 54.8. The topological polar surface area (TPSA) is 63.5 Å². The van der Waals surface area contributed by atoms with Crippen LogP contribution in [0, 0.1) is 0 Å². The zero-order valence-electron chi connectivity index (χ0n) is 48.9. The molecule has 5 nitrogen and oxygen atoms in total. The molecule has 0 saturated carbocycles. The molecule has 2 aliphatic rings. The van der Waals surface area contributed by atoms with E-state index >= 15 is 0 Å². The molecule has 3 aromatic rings. The first-order valence-corrected chi connectivity index (χ1v) is 32.7. The number of nitrogens with zero attached hydrogens (tertiary/aromatic N) is 2. The minimum absolute atomic E-state index is 0.00478. The van der Waals surface area contributed by atoms with Crippen molar-refractivity contribution >= 4 is 38.8 Å². The summed E-state index contributed by atoms with van der Waals surface area (Å²) in [7, 11) is -4.33. The monoisotopic (exact) mass is 1080 g/mol. The third kappa shape index (κ3) is 23.3. The van der Waals surface area contributed by atoms with Crippen LogP contribution in [0.25, 0.3) is 0 Å². The largest absolute Gasteiger partial charge is 0.744 e. The lowest BCUT2D eigenvalue weighted by Crippen LogP contribution is -2.27. The Morgan fingerprint density at radius 2 is 0.895 bits per heavy atom. The van der Waals surface area contributed by atoms with Gasteiger partial charge in [-0.3, -0.25) is 0 Å². The molecule has 0 radical (unpaired) electrons.